The minimum Gasteiger partial charge on any atom is -0.394 e. The first-order valence-corrected chi connectivity index (χ1v) is 4.94. The van der Waals surface area contributed by atoms with Crippen molar-refractivity contribution in [3.8, 4) is 0 Å². The van der Waals surface area contributed by atoms with Gasteiger partial charge in [-0.3, -0.25) is 0 Å². The molecule has 2 aliphatic heterocycles. The smallest absolute Gasteiger partial charge is 0.107 e. The number of rotatable bonds is 1. The van der Waals surface area contributed by atoms with Crippen molar-refractivity contribution in [3.63, 3.8) is 0 Å². The lowest BCUT2D eigenvalue weighted by molar-refractivity contribution is -0.226. The van der Waals surface area contributed by atoms with Gasteiger partial charge in [-0.25, -0.2) is 0 Å². The van der Waals surface area contributed by atoms with E-state index in [-0.39, 0.29) is 18.8 Å². The van der Waals surface area contributed by atoms with Crippen LogP contribution in [0.4, 0.5) is 0 Å². The Labute approximate surface area is 82.3 Å². The first-order chi connectivity index (χ1) is 6.70. The first-order valence-electron chi connectivity index (χ1n) is 4.94. The van der Waals surface area contributed by atoms with Gasteiger partial charge in [-0.1, -0.05) is 0 Å². The van der Waals surface area contributed by atoms with Crippen LogP contribution in [0.3, 0.4) is 0 Å². The highest BCUT2D eigenvalue weighted by molar-refractivity contribution is 4.89. The number of hydrogen-bond donors (Lipinski definition) is 3. The monoisotopic (exact) mass is 204 g/mol. The lowest BCUT2D eigenvalue weighted by atomic mass is 9.93. The molecule has 2 fully saturated rings. The van der Waals surface area contributed by atoms with Gasteiger partial charge in [0.1, 0.15) is 6.10 Å². The Morgan fingerprint density at radius 2 is 1.93 bits per heavy atom. The van der Waals surface area contributed by atoms with E-state index in [0.29, 0.717) is 19.4 Å². The topological polar surface area (TPSA) is 79.2 Å². The summed E-state index contributed by atoms with van der Waals surface area (Å²) in [5.41, 5.74) is 0. The maximum atomic E-state index is 9.55. The molecular formula is C9H16O5. The van der Waals surface area contributed by atoms with Crippen molar-refractivity contribution in [3.05, 3.63) is 0 Å². The van der Waals surface area contributed by atoms with E-state index in [0.717, 1.165) is 0 Å². The van der Waals surface area contributed by atoms with Crippen molar-refractivity contribution in [2.75, 3.05) is 13.2 Å². The number of ether oxygens (including phenoxy) is 2. The summed E-state index contributed by atoms with van der Waals surface area (Å²) < 4.78 is 10.8. The zero-order chi connectivity index (χ0) is 10.1. The molecule has 0 radical (unpaired) electrons. The van der Waals surface area contributed by atoms with Gasteiger partial charge in [0.15, 0.2) is 0 Å². The fraction of sp³-hybridized carbons (Fsp3) is 1.00. The molecule has 0 aromatic carbocycles. The second kappa shape index (κ2) is 4.12. The molecule has 2 unspecified atom stereocenters. The van der Waals surface area contributed by atoms with Crippen molar-refractivity contribution >= 4 is 0 Å². The first kappa shape index (κ1) is 10.3. The fourth-order valence-corrected chi connectivity index (χ4v) is 2.06. The van der Waals surface area contributed by atoms with Crippen molar-refractivity contribution in [2.24, 2.45) is 0 Å². The van der Waals surface area contributed by atoms with E-state index in [2.05, 4.69) is 0 Å². The lowest BCUT2D eigenvalue weighted by Gasteiger charge is -2.42. The Hall–Kier alpha value is -0.200. The molecule has 5 heteroatoms. The van der Waals surface area contributed by atoms with E-state index >= 15 is 0 Å². The zero-order valence-corrected chi connectivity index (χ0v) is 7.87. The van der Waals surface area contributed by atoms with Gasteiger partial charge in [-0.2, -0.15) is 0 Å². The number of aliphatic hydroxyl groups excluding tert-OH is 3. The molecule has 0 saturated carbocycles. The van der Waals surface area contributed by atoms with E-state index in [1.165, 1.54) is 0 Å². The summed E-state index contributed by atoms with van der Waals surface area (Å²) >= 11 is 0. The van der Waals surface area contributed by atoms with Crippen LogP contribution in [0.5, 0.6) is 0 Å². The van der Waals surface area contributed by atoms with Gasteiger partial charge in [0.05, 0.1) is 37.6 Å². The standard InChI is InChI=1S/C9H16O5/c10-3-9-6(12)2-7-8(14-9)1-5(11)4-13-7/h5-12H,1-4H2/t5-,6?,7+,8+,9?/m1/s1. The largest absolute Gasteiger partial charge is 0.394 e. The minimum atomic E-state index is -0.670. The van der Waals surface area contributed by atoms with Gasteiger partial charge in [-0.05, 0) is 0 Å². The summed E-state index contributed by atoms with van der Waals surface area (Å²) in [4.78, 5) is 0. The predicted octanol–water partition coefficient (Wildman–Crippen LogP) is -1.35. The summed E-state index contributed by atoms with van der Waals surface area (Å²) in [6, 6.07) is 0. The third-order valence-electron chi connectivity index (χ3n) is 2.85. The molecule has 5 atom stereocenters. The van der Waals surface area contributed by atoms with Gasteiger partial charge in [0.25, 0.3) is 0 Å². The highest BCUT2D eigenvalue weighted by atomic mass is 16.6. The quantitative estimate of drug-likeness (QED) is 0.492. The second-order valence-electron chi connectivity index (χ2n) is 3.96. The molecule has 2 aliphatic rings. The molecule has 2 saturated heterocycles. The summed E-state index contributed by atoms with van der Waals surface area (Å²) in [5, 5.41) is 27.8. The Morgan fingerprint density at radius 1 is 1.14 bits per heavy atom. The van der Waals surface area contributed by atoms with Crippen LogP contribution in [0.2, 0.25) is 0 Å². The van der Waals surface area contributed by atoms with E-state index in [4.69, 9.17) is 14.6 Å². The molecule has 0 aromatic heterocycles. The molecule has 3 N–H and O–H groups in total. The molecule has 2 rings (SSSR count). The van der Waals surface area contributed by atoms with Crippen molar-refractivity contribution in [1.29, 1.82) is 0 Å². The fourth-order valence-electron chi connectivity index (χ4n) is 2.06. The second-order valence-corrected chi connectivity index (χ2v) is 3.96. The van der Waals surface area contributed by atoms with E-state index < -0.39 is 18.3 Å². The molecule has 0 bridgehead atoms. The molecule has 0 aliphatic carbocycles. The molecule has 2 heterocycles. The van der Waals surface area contributed by atoms with Crippen LogP contribution in [-0.4, -0.2) is 59.1 Å². The minimum absolute atomic E-state index is 0.142. The van der Waals surface area contributed by atoms with Crippen LogP contribution >= 0.6 is 0 Å². The van der Waals surface area contributed by atoms with Crippen LogP contribution in [-0.2, 0) is 9.47 Å². The van der Waals surface area contributed by atoms with Gasteiger partial charge < -0.3 is 24.8 Å². The van der Waals surface area contributed by atoms with E-state index in [9.17, 15) is 10.2 Å². The summed E-state index contributed by atoms with van der Waals surface area (Å²) in [6.45, 7) is 0.113. The summed E-state index contributed by atoms with van der Waals surface area (Å²) in [5.74, 6) is 0. The van der Waals surface area contributed by atoms with Crippen molar-refractivity contribution in [1.82, 2.24) is 0 Å². The lowest BCUT2D eigenvalue weighted by Crippen LogP contribution is -2.53. The van der Waals surface area contributed by atoms with Gasteiger partial charge in [-0.15, -0.1) is 0 Å². The average Bonchev–Trinajstić information content (AvgIpc) is 2.17. The molecule has 0 amide bonds. The summed E-state index contributed by atoms with van der Waals surface area (Å²) in [6.07, 6.45) is -1.04. The Morgan fingerprint density at radius 3 is 2.64 bits per heavy atom. The van der Waals surface area contributed by atoms with Crippen LogP contribution in [0.25, 0.3) is 0 Å². The van der Waals surface area contributed by atoms with Crippen molar-refractivity contribution < 1.29 is 24.8 Å². The van der Waals surface area contributed by atoms with Crippen LogP contribution in [0.15, 0.2) is 0 Å². The van der Waals surface area contributed by atoms with Crippen LogP contribution < -0.4 is 0 Å². The summed E-state index contributed by atoms with van der Waals surface area (Å²) in [7, 11) is 0. The van der Waals surface area contributed by atoms with E-state index in [1.54, 1.807) is 0 Å². The normalized spacial score (nSPS) is 48.6. The van der Waals surface area contributed by atoms with Crippen LogP contribution in [0, 0.1) is 0 Å². The average molecular weight is 204 g/mol. The highest BCUT2D eigenvalue weighted by Crippen LogP contribution is 2.28. The molecule has 5 nitrogen and oxygen atoms in total. The highest BCUT2D eigenvalue weighted by Gasteiger charge is 2.40. The molecule has 0 aromatic rings. The van der Waals surface area contributed by atoms with Gasteiger partial charge in [0.2, 0.25) is 0 Å². The van der Waals surface area contributed by atoms with Crippen molar-refractivity contribution in [2.45, 2.75) is 43.4 Å². The molecular weight excluding hydrogens is 188 g/mol. The SMILES string of the molecule is OCC1O[C@H]2C[C@@H](O)CO[C@H]2CC1O. The maximum absolute atomic E-state index is 9.55. The Kier molecular flexibility index (Phi) is 3.04. The van der Waals surface area contributed by atoms with Gasteiger partial charge in [0, 0.05) is 12.8 Å². The predicted molar refractivity (Wildman–Crippen MR) is 46.7 cm³/mol. The Balaban J connectivity index is 1.98. The Bertz CT molecular complexity index is 198. The molecule has 0 spiro atoms. The maximum Gasteiger partial charge on any atom is 0.107 e. The molecule has 14 heavy (non-hydrogen) atoms. The number of fused-ring (bicyclic) bond motifs is 1. The third kappa shape index (κ3) is 1.92. The van der Waals surface area contributed by atoms with E-state index in [1.807, 2.05) is 0 Å². The number of hydrogen-bond acceptors (Lipinski definition) is 5. The number of aliphatic hydroxyl groups is 3. The van der Waals surface area contributed by atoms with Gasteiger partial charge >= 0.3 is 0 Å². The molecule has 82 valence electrons. The third-order valence-corrected chi connectivity index (χ3v) is 2.85. The zero-order valence-electron chi connectivity index (χ0n) is 7.87. The van der Waals surface area contributed by atoms with Crippen LogP contribution in [0.1, 0.15) is 12.8 Å².